The average Bonchev–Trinajstić information content (AvgIpc) is 2.84. The summed E-state index contributed by atoms with van der Waals surface area (Å²) in [5.74, 6) is -3.38. The van der Waals surface area contributed by atoms with Gasteiger partial charge in [-0.05, 0) is 26.3 Å². The van der Waals surface area contributed by atoms with Crippen molar-refractivity contribution in [2.45, 2.75) is 32.4 Å². The maximum absolute atomic E-state index is 13.0. The van der Waals surface area contributed by atoms with Crippen molar-refractivity contribution in [1.29, 1.82) is 0 Å². The second-order valence-corrected chi connectivity index (χ2v) is 10.5. The fourth-order valence-corrected chi connectivity index (χ4v) is 4.45. The molecule has 1 fully saturated rings. The Morgan fingerprint density at radius 1 is 0.756 bits per heavy atom. The smallest absolute Gasteiger partial charge is 0.549 e. The second kappa shape index (κ2) is 20.0. The molecule has 1 unspecified atom stereocenters. The zero-order chi connectivity index (χ0) is 29.0. The van der Waals surface area contributed by atoms with E-state index in [9.17, 15) is 29.4 Å². The zero-order valence-corrected chi connectivity index (χ0v) is 29.3. The molecule has 12 nitrogen and oxygen atoms in total. The van der Waals surface area contributed by atoms with Crippen LogP contribution in [0.25, 0.3) is 0 Å². The fourth-order valence-electron chi connectivity index (χ4n) is 4.45. The molecule has 1 aromatic rings. The Morgan fingerprint density at radius 3 is 1.56 bits per heavy atom. The number of rotatable bonds is 9. The summed E-state index contributed by atoms with van der Waals surface area (Å²) in [5.41, 5.74) is 0.0595. The Balaban J connectivity index is 0.00000800. The number of carbonyl (C=O) groups excluding carboxylic acids is 4. The molecule has 1 aliphatic rings. The normalized spacial score (nSPS) is 17.5. The van der Waals surface area contributed by atoms with Gasteiger partial charge in [-0.2, -0.15) is 0 Å². The third-order valence-electron chi connectivity index (χ3n) is 6.25. The molecule has 0 saturated carbocycles. The van der Waals surface area contributed by atoms with E-state index in [4.69, 9.17) is 9.47 Å². The van der Waals surface area contributed by atoms with Gasteiger partial charge in [0.15, 0.2) is 0 Å². The predicted octanol–water partition coefficient (Wildman–Crippen LogP) is -8.03. The third-order valence-corrected chi connectivity index (χ3v) is 6.25. The molecule has 0 aromatic heterocycles. The first kappa shape index (κ1) is 39.9. The van der Waals surface area contributed by atoms with Crippen LogP contribution in [0.4, 0.5) is 0 Å². The van der Waals surface area contributed by atoms with Gasteiger partial charge in [-0.1, -0.05) is 30.3 Å². The molecule has 218 valence electrons. The predicted molar refractivity (Wildman–Crippen MR) is 138 cm³/mol. The zero-order valence-electron chi connectivity index (χ0n) is 25.3. The van der Waals surface area contributed by atoms with Crippen molar-refractivity contribution in [3.05, 3.63) is 35.9 Å². The number of nitrogens with zero attached hydrogens (tertiary/aromatic N) is 4. The summed E-state index contributed by atoms with van der Waals surface area (Å²) in [4.78, 5) is 55.5. The van der Waals surface area contributed by atoms with Gasteiger partial charge in [-0.3, -0.25) is 24.4 Å². The van der Waals surface area contributed by atoms with Crippen LogP contribution in [-0.2, 0) is 28.7 Å². The van der Waals surface area contributed by atoms with E-state index in [1.807, 2.05) is 40.1 Å². The van der Waals surface area contributed by atoms with E-state index in [0.29, 0.717) is 32.7 Å². The molecule has 0 aliphatic carbocycles. The Morgan fingerprint density at radius 2 is 1.17 bits per heavy atom. The van der Waals surface area contributed by atoms with E-state index in [2.05, 4.69) is 0 Å². The molecule has 0 spiro atoms. The second-order valence-electron chi connectivity index (χ2n) is 10.5. The molecule has 0 amide bonds. The number of esters is 2. The first-order chi connectivity index (χ1) is 18.4. The fraction of sp³-hybridized carbons (Fsp3) is 0.630. The molecule has 14 heteroatoms. The Kier molecular flexibility index (Phi) is 19.5. The topological polar surface area (TPSA) is 146 Å². The number of aliphatic carboxylic acids is 2. The van der Waals surface area contributed by atoms with Crippen molar-refractivity contribution in [2.75, 3.05) is 79.1 Å². The van der Waals surface area contributed by atoms with Crippen LogP contribution >= 0.6 is 0 Å². The van der Waals surface area contributed by atoms with Crippen LogP contribution in [0.2, 0.25) is 0 Å². The van der Waals surface area contributed by atoms with E-state index in [1.165, 1.54) is 7.11 Å². The number of carboxylic acids is 2. The van der Waals surface area contributed by atoms with Crippen LogP contribution in [0, 0.1) is 0 Å². The van der Waals surface area contributed by atoms with Crippen molar-refractivity contribution in [1.82, 2.24) is 19.6 Å². The van der Waals surface area contributed by atoms with Crippen LogP contribution in [0.15, 0.2) is 30.3 Å². The summed E-state index contributed by atoms with van der Waals surface area (Å²) in [6, 6.07) is 8.40. The van der Waals surface area contributed by atoms with Gasteiger partial charge in [-0.15, -0.1) is 0 Å². The molecule has 1 saturated heterocycles. The number of carboxylic acid groups (broad SMARTS) is 2. The minimum Gasteiger partial charge on any atom is -0.549 e. The SMILES string of the molecule is COC(=O)C(c1ccccc1)N1CCN(CC(=O)[O-])CCN(CC(=O)[O-])CCN(CC(=O)OC(C)(C)C)CC1.[Na+].[Na+]. The van der Waals surface area contributed by atoms with Crippen LogP contribution in [0.3, 0.4) is 0 Å². The molecule has 1 aliphatic heterocycles. The Bertz CT molecular complexity index is 964. The summed E-state index contributed by atoms with van der Waals surface area (Å²) in [5, 5.41) is 22.8. The van der Waals surface area contributed by atoms with Gasteiger partial charge in [0.1, 0.15) is 11.6 Å². The number of carbonyl (C=O) groups is 4. The van der Waals surface area contributed by atoms with Crippen molar-refractivity contribution in [3.8, 4) is 0 Å². The van der Waals surface area contributed by atoms with E-state index in [1.54, 1.807) is 30.6 Å². The van der Waals surface area contributed by atoms with Gasteiger partial charge >= 0.3 is 71.1 Å². The molecule has 1 heterocycles. The molecule has 1 atom stereocenters. The minimum absolute atomic E-state index is 0. The molecule has 0 bridgehead atoms. The van der Waals surface area contributed by atoms with E-state index >= 15 is 0 Å². The summed E-state index contributed by atoms with van der Waals surface area (Å²) in [6.45, 7) is 7.11. The van der Waals surface area contributed by atoms with E-state index in [-0.39, 0.29) is 98.4 Å². The maximum Gasteiger partial charge on any atom is 1.00 e. The minimum atomic E-state index is -1.25. The standard InChI is InChI=1S/C27H42N4O8.2Na/c1-27(2,3)39-24(36)20-30-13-12-28(18-22(32)33)10-11-29(19-23(34)35)14-16-31(17-15-30)25(26(37)38-4)21-8-6-5-7-9-21;;/h5-9,25H,10-20H2,1-4H3,(H,32,33)(H,34,35);;/q;2*+1/p-2. The third kappa shape index (κ3) is 15.8. The first-order valence-corrected chi connectivity index (χ1v) is 13.0. The van der Waals surface area contributed by atoms with Gasteiger partial charge in [0.25, 0.3) is 0 Å². The largest absolute Gasteiger partial charge is 1.00 e. The van der Waals surface area contributed by atoms with Crippen molar-refractivity contribution in [2.24, 2.45) is 0 Å². The average molecular weight is 595 g/mol. The van der Waals surface area contributed by atoms with Crippen LogP contribution in [-0.4, -0.2) is 128 Å². The van der Waals surface area contributed by atoms with Crippen molar-refractivity contribution < 1.29 is 98.0 Å². The number of hydrogen-bond acceptors (Lipinski definition) is 12. The summed E-state index contributed by atoms with van der Waals surface area (Å²) in [6.07, 6.45) is 0. The number of ether oxygens (including phenoxy) is 2. The van der Waals surface area contributed by atoms with Crippen LogP contribution < -0.4 is 69.3 Å². The Labute approximate surface area is 286 Å². The van der Waals surface area contributed by atoms with Gasteiger partial charge < -0.3 is 29.3 Å². The summed E-state index contributed by atoms with van der Waals surface area (Å²) < 4.78 is 10.6. The molecule has 0 radical (unpaired) electrons. The summed E-state index contributed by atoms with van der Waals surface area (Å²) in [7, 11) is 1.32. The van der Waals surface area contributed by atoms with Crippen molar-refractivity contribution >= 4 is 23.9 Å². The first-order valence-electron chi connectivity index (χ1n) is 13.0. The van der Waals surface area contributed by atoms with E-state index < -0.39 is 35.5 Å². The summed E-state index contributed by atoms with van der Waals surface area (Å²) >= 11 is 0. The number of methoxy groups -OCH3 is 1. The number of hydrogen-bond donors (Lipinski definition) is 0. The van der Waals surface area contributed by atoms with Crippen LogP contribution in [0.1, 0.15) is 32.4 Å². The molecule has 1 aromatic carbocycles. The molecule has 41 heavy (non-hydrogen) atoms. The Hall–Kier alpha value is -1.06. The quantitative estimate of drug-likeness (QED) is 0.198. The van der Waals surface area contributed by atoms with Gasteiger partial charge in [0.2, 0.25) is 0 Å². The van der Waals surface area contributed by atoms with Gasteiger partial charge in [0.05, 0.1) is 25.6 Å². The molecular formula is C27H40N4Na2O8. The molecular weight excluding hydrogens is 554 g/mol. The molecule has 2 rings (SSSR count). The van der Waals surface area contributed by atoms with Crippen molar-refractivity contribution in [3.63, 3.8) is 0 Å². The van der Waals surface area contributed by atoms with Gasteiger partial charge in [0, 0.05) is 65.4 Å². The van der Waals surface area contributed by atoms with Crippen LogP contribution in [0.5, 0.6) is 0 Å². The monoisotopic (exact) mass is 594 g/mol. The van der Waals surface area contributed by atoms with Gasteiger partial charge in [-0.25, -0.2) is 4.79 Å². The maximum atomic E-state index is 13.0. The van der Waals surface area contributed by atoms with E-state index in [0.717, 1.165) is 5.56 Å². The number of benzene rings is 1. The molecule has 0 N–H and O–H groups in total.